The maximum atomic E-state index is 13.2. The van der Waals surface area contributed by atoms with Crippen molar-refractivity contribution in [3.05, 3.63) is 58.1 Å². The van der Waals surface area contributed by atoms with Gasteiger partial charge in [0.25, 0.3) is 5.69 Å². The zero-order valence-electron chi connectivity index (χ0n) is 15.4. The molecule has 2 aromatic carbocycles. The van der Waals surface area contributed by atoms with E-state index in [-0.39, 0.29) is 17.4 Å². The average molecular weight is 376 g/mol. The maximum absolute atomic E-state index is 13.2. The maximum Gasteiger partial charge on any atom is 0.270 e. The third-order valence-corrected chi connectivity index (χ3v) is 5.90. The first-order chi connectivity index (χ1) is 13.5. The summed E-state index contributed by atoms with van der Waals surface area (Å²) in [5.41, 5.74) is 1.52. The van der Waals surface area contributed by atoms with E-state index in [1.165, 1.54) is 12.1 Å². The second-order valence-corrected chi connectivity index (χ2v) is 7.51. The number of carbonyl (C=O) groups is 1. The smallest absolute Gasteiger partial charge is 0.270 e. The summed E-state index contributed by atoms with van der Waals surface area (Å²) in [6.45, 7) is 0. The topological polar surface area (TPSA) is 93.2 Å². The highest BCUT2D eigenvalue weighted by Gasteiger charge is 2.50. The van der Waals surface area contributed by atoms with Crippen molar-refractivity contribution in [2.75, 3.05) is 0 Å². The zero-order valence-corrected chi connectivity index (χ0v) is 15.4. The van der Waals surface area contributed by atoms with Gasteiger partial charge in [0, 0.05) is 18.6 Å². The summed E-state index contributed by atoms with van der Waals surface area (Å²) in [6.07, 6.45) is 4.50. The number of hydrogen-bond donors (Lipinski definition) is 0. The van der Waals surface area contributed by atoms with Crippen LogP contribution in [0.1, 0.15) is 48.9 Å². The monoisotopic (exact) mass is 376 g/mol. The van der Waals surface area contributed by atoms with Crippen LogP contribution in [0.25, 0.3) is 11.1 Å². The highest BCUT2D eigenvalue weighted by atomic mass is 16.6. The normalized spacial score (nSPS) is 19.7. The molecule has 0 radical (unpaired) electrons. The quantitative estimate of drug-likeness (QED) is 0.548. The Kier molecular flexibility index (Phi) is 4.60. The molecule has 6 nitrogen and oxygen atoms in total. The van der Waals surface area contributed by atoms with E-state index in [2.05, 4.69) is 6.07 Å². The van der Waals surface area contributed by atoms with Gasteiger partial charge in [0.15, 0.2) is 5.78 Å². The molecule has 1 saturated carbocycles. The van der Waals surface area contributed by atoms with Gasteiger partial charge in [-0.05, 0) is 55.4 Å². The summed E-state index contributed by atoms with van der Waals surface area (Å²) in [7, 11) is 0. The van der Waals surface area contributed by atoms with Gasteiger partial charge in [0.1, 0.15) is 11.4 Å². The molecule has 1 atom stereocenters. The molecule has 0 bridgehead atoms. The first kappa shape index (κ1) is 18.2. The van der Waals surface area contributed by atoms with Gasteiger partial charge >= 0.3 is 0 Å². The zero-order chi connectivity index (χ0) is 19.7. The van der Waals surface area contributed by atoms with Crippen LogP contribution in [0.15, 0.2) is 42.5 Å². The van der Waals surface area contributed by atoms with Crippen molar-refractivity contribution >= 4 is 11.5 Å². The number of nitro groups is 1. The summed E-state index contributed by atoms with van der Waals surface area (Å²) in [5, 5.41) is 20.0. The number of Topliss-reactive ketones (excluding diaryl/α,β-unsaturated/α-hetero) is 1. The number of ether oxygens (including phenoxy) is 1. The SMILES string of the molecule is N#CCCC1C(=O)c2ccc(-c3cccc([N+](=O)[O-])c3)cc2OC12CCCC2. The van der Waals surface area contributed by atoms with Gasteiger partial charge in [0.05, 0.1) is 22.5 Å². The fourth-order valence-corrected chi connectivity index (χ4v) is 4.53. The van der Waals surface area contributed by atoms with Crippen molar-refractivity contribution in [2.45, 2.75) is 44.1 Å². The molecule has 0 N–H and O–H groups in total. The van der Waals surface area contributed by atoms with Gasteiger partial charge < -0.3 is 4.74 Å². The number of nitro benzene ring substituents is 1. The number of hydrogen-bond acceptors (Lipinski definition) is 5. The van der Waals surface area contributed by atoms with Crippen LogP contribution in [-0.2, 0) is 0 Å². The summed E-state index contributed by atoms with van der Waals surface area (Å²) >= 11 is 0. The number of non-ortho nitro benzene ring substituents is 1. The third-order valence-electron chi connectivity index (χ3n) is 5.90. The molecule has 28 heavy (non-hydrogen) atoms. The molecule has 0 aromatic heterocycles. The molecule has 1 aliphatic heterocycles. The minimum Gasteiger partial charge on any atom is -0.486 e. The summed E-state index contributed by atoms with van der Waals surface area (Å²) in [5.74, 6) is 0.305. The van der Waals surface area contributed by atoms with E-state index in [0.717, 1.165) is 31.2 Å². The molecule has 0 amide bonds. The van der Waals surface area contributed by atoms with E-state index in [1.807, 2.05) is 6.07 Å². The van der Waals surface area contributed by atoms with E-state index in [1.54, 1.807) is 24.3 Å². The number of ketones is 1. The predicted molar refractivity (Wildman–Crippen MR) is 103 cm³/mol. The Hall–Kier alpha value is -3.20. The highest BCUT2D eigenvalue weighted by molar-refractivity contribution is 6.02. The Bertz CT molecular complexity index is 986. The van der Waals surface area contributed by atoms with Crippen LogP contribution < -0.4 is 4.74 Å². The van der Waals surface area contributed by atoms with Gasteiger partial charge in [-0.2, -0.15) is 5.26 Å². The lowest BCUT2D eigenvalue weighted by Crippen LogP contribution is -2.48. The molecule has 1 fully saturated rings. The fourth-order valence-electron chi connectivity index (χ4n) is 4.53. The van der Waals surface area contributed by atoms with Crippen molar-refractivity contribution in [3.8, 4) is 22.9 Å². The minimum atomic E-state index is -0.526. The Morgan fingerprint density at radius 3 is 2.64 bits per heavy atom. The van der Waals surface area contributed by atoms with E-state index in [9.17, 15) is 14.9 Å². The van der Waals surface area contributed by atoms with Gasteiger partial charge in [-0.25, -0.2) is 0 Å². The van der Waals surface area contributed by atoms with Crippen LogP contribution in [-0.4, -0.2) is 16.3 Å². The van der Waals surface area contributed by atoms with Gasteiger partial charge in [-0.3, -0.25) is 14.9 Å². The summed E-state index contributed by atoms with van der Waals surface area (Å²) < 4.78 is 6.44. The Morgan fingerprint density at radius 2 is 1.93 bits per heavy atom. The largest absolute Gasteiger partial charge is 0.486 e. The predicted octanol–water partition coefficient (Wildman–Crippen LogP) is 5.07. The first-order valence-corrected chi connectivity index (χ1v) is 9.53. The molecule has 2 aliphatic rings. The number of nitriles is 1. The average Bonchev–Trinajstić information content (AvgIpc) is 3.16. The first-order valence-electron chi connectivity index (χ1n) is 9.53. The minimum absolute atomic E-state index is 0.0241. The van der Waals surface area contributed by atoms with Crippen LogP contribution >= 0.6 is 0 Å². The number of rotatable bonds is 4. The number of carbonyl (C=O) groups excluding carboxylic acids is 1. The molecule has 4 rings (SSSR count). The second kappa shape index (κ2) is 7.08. The van der Waals surface area contributed by atoms with Crippen LogP contribution in [0.3, 0.4) is 0 Å². The molecule has 2 aromatic rings. The number of nitrogens with zero attached hydrogens (tertiary/aromatic N) is 2. The van der Waals surface area contributed by atoms with Crippen LogP contribution in [0.4, 0.5) is 5.69 Å². The lowest BCUT2D eigenvalue weighted by atomic mass is 9.75. The van der Waals surface area contributed by atoms with Crippen molar-refractivity contribution < 1.29 is 14.5 Å². The molecule has 142 valence electrons. The van der Waals surface area contributed by atoms with E-state index < -0.39 is 10.5 Å². The lowest BCUT2D eigenvalue weighted by Gasteiger charge is -2.41. The van der Waals surface area contributed by atoms with Crippen LogP contribution in [0.2, 0.25) is 0 Å². The Labute approximate surface area is 162 Å². The molecule has 1 unspecified atom stereocenters. The molecule has 6 heteroatoms. The third kappa shape index (κ3) is 3.03. The van der Waals surface area contributed by atoms with Crippen molar-refractivity contribution in [3.63, 3.8) is 0 Å². The van der Waals surface area contributed by atoms with Crippen LogP contribution in [0, 0.1) is 27.4 Å². The molecular weight excluding hydrogens is 356 g/mol. The highest BCUT2D eigenvalue weighted by Crippen LogP contribution is 2.48. The second-order valence-electron chi connectivity index (χ2n) is 7.51. The summed E-state index contributed by atoms with van der Waals surface area (Å²) in [6, 6.07) is 13.9. The molecule has 1 aliphatic carbocycles. The van der Waals surface area contributed by atoms with E-state index in [0.29, 0.717) is 29.7 Å². The van der Waals surface area contributed by atoms with Crippen molar-refractivity contribution in [1.29, 1.82) is 5.26 Å². The Morgan fingerprint density at radius 1 is 1.18 bits per heavy atom. The van der Waals surface area contributed by atoms with Crippen LogP contribution in [0.5, 0.6) is 5.75 Å². The molecule has 1 heterocycles. The van der Waals surface area contributed by atoms with Gasteiger partial charge in [-0.1, -0.05) is 18.2 Å². The molecular formula is C22H20N2O4. The Balaban J connectivity index is 1.74. The van der Waals surface area contributed by atoms with Gasteiger partial charge in [0.2, 0.25) is 0 Å². The standard InChI is InChI=1S/C22H20N2O4/c23-12-4-7-19-21(25)18-9-8-16(15-5-3-6-17(13-15)24(26)27)14-20(18)28-22(19)10-1-2-11-22/h3,5-6,8-9,13-14,19H,1-2,4,7,10-11H2. The van der Waals surface area contributed by atoms with Crippen molar-refractivity contribution in [1.82, 2.24) is 0 Å². The fraction of sp³-hybridized carbons (Fsp3) is 0.364. The number of fused-ring (bicyclic) bond motifs is 1. The molecule has 1 spiro atoms. The van der Waals surface area contributed by atoms with Crippen molar-refractivity contribution in [2.24, 2.45) is 5.92 Å². The summed E-state index contributed by atoms with van der Waals surface area (Å²) in [4.78, 5) is 23.8. The van der Waals surface area contributed by atoms with Gasteiger partial charge in [-0.15, -0.1) is 0 Å². The lowest BCUT2D eigenvalue weighted by molar-refractivity contribution is -0.384. The molecule has 0 saturated heterocycles. The van der Waals surface area contributed by atoms with E-state index >= 15 is 0 Å². The number of benzene rings is 2. The van der Waals surface area contributed by atoms with E-state index in [4.69, 9.17) is 10.00 Å².